The standard InChI is InChI=1S/C81H97N15O14Si/c1-53(2)111(54(3)4,55(5)6)104-52-67-73(100-47-59-34-20-10-21-35-59)76(102-49-61-38-24-12-25-39-61)69(91-96-86)80(106-67)108-71-64(89-94-84)42-63(88-93-83)70(98-45-57-30-16-8-17-31-57)77(71)110-81-78(103-50-62-40-26-13-27-41-62)74(66(107-81)51-97-44-56-28-14-7-15-29-56)109-79-68(90-95-85)75(101-48-60-36-22-11-23-37-60)72(65(105-79)43-87-92-82)99-46-58-32-18-9-19-33-58/h7-41,53-55,63-81H,42-52H2,1-6H3/t63-,64?,65-,66+,67?,68?,69?,70?,71+,72+,73+,74-,75?,76-,77+,78?,79+,80+,81-/m0/s1. The lowest BCUT2D eigenvalue weighted by Crippen LogP contribution is -2.65. The van der Waals surface area contributed by atoms with Gasteiger partial charge in [0.2, 0.25) is 0 Å². The van der Waals surface area contributed by atoms with Crippen molar-refractivity contribution in [3.05, 3.63) is 303 Å². The quantitative estimate of drug-likeness (QED) is 0.0149. The summed E-state index contributed by atoms with van der Waals surface area (Å²) in [6.45, 7) is 12.9. The fourth-order valence-corrected chi connectivity index (χ4v) is 21.0. The average Bonchev–Trinajstić information content (AvgIpc) is 1.75. The molecule has 111 heavy (non-hydrogen) atoms. The molecule has 3 heterocycles. The van der Waals surface area contributed by atoms with E-state index in [9.17, 15) is 27.7 Å². The normalized spacial score (nSPS) is 27.2. The molecule has 0 N–H and O–H groups in total. The molecule has 0 spiro atoms. The van der Waals surface area contributed by atoms with Gasteiger partial charge in [0.05, 0.1) is 96.4 Å². The summed E-state index contributed by atoms with van der Waals surface area (Å²) in [4.78, 5) is 16.7. The van der Waals surface area contributed by atoms with Gasteiger partial charge < -0.3 is 66.0 Å². The van der Waals surface area contributed by atoms with Crippen LogP contribution in [0.15, 0.2) is 238 Å². The van der Waals surface area contributed by atoms with Crippen LogP contribution >= 0.6 is 0 Å². The molecule has 7 unspecified atom stereocenters. The van der Waals surface area contributed by atoms with E-state index in [-0.39, 0.29) is 89.1 Å². The molecule has 7 aromatic rings. The lowest BCUT2D eigenvalue weighted by molar-refractivity contribution is -0.322. The molecule has 4 aliphatic rings. The number of azide groups is 5. The summed E-state index contributed by atoms with van der Waals surface area (Å²) in [5.41, 5.74) is 58.9. The Kier molecular flexibility index (Phi) is 31.6. The number of benzene rings is 7. The third kappa shape index (κ3) is 22.1. The molecule has 3 saturated heterocycles. The molecule has 0 radical (unpaired) electrons. The first-order chi connectivity index (χ1) is 54.3. The Balaban J connectivity index is 1.05. The Labute approximate surface area is 647 Å². The van der Waals surface area contributed by atoms with Gasteiger partial charge in [-0.05, 0) is 89.6 Å². The SMILES string of the molecule is CC(C)[Si](OCC1O[C@H](O[C@@H]2C(N=[N+]=[N-])C[C@H](N=[N+]=[N-])C(OCc3ccccc3)[C@H]2O[C@@H]2O[C@H](COCc3ccccc3)[C@H](O[C@H]3O[C@@H](CN=[N+]=[N-])[C@@H](OCc4ccccc4)C(OCc4ccccc4)C3N=[N+]=[N-])C2OCc2ccccc2)C(N=[N+]=[N-])[C@H](OCc2ccccc2)[C@@H]1OCc1ccccc1)(C(C)C)C(C)C. The van der Waals surface area contributed by atoms with Crippen LogP contribution in [0.1, 0.15) is 86.9 Å². The van der Waals surface area contributed by atoms with E-state index in [1.165, 1.54) is 0 Å². The van der Waals surface area contributed by atoms with Gasteiger partial charge in [-0.15, -0.1) is 0 Å². The second kappa shape index (κ2) is 42.4. The molecule has 4 fully saturated rings. The molecule has 1 saturated carbocycles. The Bertz CT molecular complexity index is 4180. The highest BCUT2D eigenvalue weighted by Crippen LogP contribution is 2.45. The molecule has 3 aliphatic heterocycles. The largest absolute Gasteiger partial charge is 0.413 e. The van der Waals surface area contributed by atoms with Gasteiger partial charge in [0.15, 0.2) is 27.2 Å². The van der Waals surface area contributed by atoms with Gasteiger partial charge in [0.25, 0.3) is 0 Å². The monoisotopic (exact) mass is 1530 g/mol. The first-order valence-electron chi connectivity index (χ1n) is 37.6. The van der Waals surface area contributed by atoms with E-state index in [1.54, 1.807) is 0 Å². The van der Waals surface area contributed by atoms with Crippen molar-refractivity contribution < 1.29 is 66.0 Å². The fraction of sp³-hybridized carbons (Fsp3) is 0.481. The number of rotatable bonds is 40. The Hall–Kier alpha value is -9.25. The van der Waals surface area contributed by atoms with E-state index < -0.39 is 125 Å². The van der Waals surface area contributed by atoms with E-state index in [0.29, 0.717) is 0 Å². The molecule has 584 valence electrons. The molecule has 29 nitrogen and oxygen atoms in total. The van der Waals surface area contributed by atoms with E-state index >= 15 is 0 Å². The molecule has 11 rings (SSSR count). The summed E-state index contributed by atoms with van der Waals surface area (Å²) in [6.07, 6.45) is -19.2. The van der Waals surface area contributed by atoms with Crippen LogP contribution in [-0.2, 0) is 112 Å². The number of nitrogens with zero attached hydrogens (tertiary/aromatic N) is 15. The summed E-state index contributed by atoms with van der Waals surface area (Å²) in [5, 5.41) is 21.6. The van der Waals surface area contributed by atoms with E-state index in [1.807, 2.05) is 212 Å². The number of hydrogen-bond donors (Lipinski definition) is 0. The van der Waals surface area contributed by atoms with E-state index in [2.05, 4.69) is 91.7 Å². The van der Waals surface area contributed by atoms with E-state index in [0.717, 1.165) is 38.9 Å². The molecular weight excluding hydrogens is 1440 g/mol. The highest BCUT2D eigenvalue weighted by atomic mass is 28.4. The first-order valence-corrected chi connectivity index (χ1v) is 39.8. The van der Waals surface area contributed by atoms with Crippen molar-refractivity contribution in [3.63, 3.8) is 0 Å². The predicted molar refractivity (Wildman–Crippen MR) is 414 cm³/mol. The minimum absolute atomic E-state index is 0.00926. The summed E-state index contributed by atoms with van der Waals surface area (Å²) in [7, 11) is -2.71. The highest BCUT2D eigenvalue weighted by molar-refractivity contribution is 6.77. The van der Waals surface area contributed by atoms with Crippen LogP contribution in [0, 0.1) is 0 Å². The molecule has 1 aliphatic carbocycles. The molecule has 0 bridgehead atoms. The van der Waals surface area contributed by atoms with Gasteiger partial charge in [-0.3, -0.25) is 0 Å². The third-order valence-electron chi connectivity index (χ3n) is 20.7. The lowest BCUT2D eigenvalue weighted by Gasteiger charge is -2.50. The van der Waals surface area contributed by atoms with Crippen LogP contribution in [0.5, 0.6) is 0 Å². The maximum atomic E-state index is 10.9. The molecule has 7 aromatic carbocycles. The van der Waals surface area contributed by atoms with Crippen molar-refractivity contribution >= 4 is 8.32 Å². The smallest absolute Gasteiger partial charge is 0.200 e. The second-order valence-corrected chi connectivity index (χ2v) is 34.2. The van der Waals surface area contributed by atoms with Crippen molar-refractivity contribution in [2.45, 2.75) is 227 Å². The highest BCUT2D eigenvalue weighted by Gasteiger charge is 2.59. The summed E-state index contributed by atoms with van der Waals surface area (Å²) in [5.74, 6) is 0. The molecule has 30 heteroatoms. The van der Waals surface area contributed by atoms with Crippen LogP contribution in [0.2, 0.25) is 16.6 Å². The average molecular weight is 1530 g/mol. The van der Waals surface area contributed by atoms with Gasteiger partial charge in [0.1, 0.15) is 67.0 Å². The summed E-state index contributed by atoms with van der Waals surface area (Å²) in [6, 6.07) is 61.2. The molecular formula is C81H97N15O14Si. The Morgan fingerprint density at radius 3 is 1.04 bits per heavy atom. The van der Waals surface area contributed by atoms with Crippen molar-refractivity contribution in [2.75, 3.05) is 19.8 Å². The van der Waals surface area contributed by atoms with Gasteiger partial charge in [-0.25, -0.2) is 0 Å². The zero-order valence-corrected chi connectivity index (χ0v) is 64.1. The van der Waals surface area contributed by atoms with Crippen LogP contribution < -0.4 is 0 Å². The lowest BCUT2D eigenvalue weighted by atomic mass is 9.83. The Morgan fingerprint density at radius 1 is 0.333 bits per heavy atom. The van der Waals surface area contributed by atoms with Crippen LogP contribution in [0.4, 0.5) is 0 Å². The zero-order chi connectivity index (χ0) is 77.7. The zero-order valence-electron chi connectivity index (χ0n) is 63.1. The number of ether oxygens (including phenoxy) is 13. The van der Waals surface area contributed by atoms with Crippen LogP contribution in [0.25, 0.3) is 52.2 Å². The van der Waals surface area contributed by atoms with Gasteiger partial charge in [-0.1, -0.05) is 279 Å². The maximum Gasteiger partial charge on any atom is 0.200 e. The van der Waals surface area contributed by atoms with Crippen molar-refractivity contribution in [3.8, 4) is 0 Å². The van der Waals surface area contributed by atoms with Gasteiger partial charge in [-0.2, -0.15) is 0 Å². The minimum Gasteiger partial charge on any atom is -0.413 e. The fourth-order valence-electron chi connectivity index (χ4n) is 15.5. The minimum atomic E-state index is -2.71. The predicted octanol–water partition coefficient (Wildman–Crippen LogP) is 17.7. The second-order valence-electron chi connectivity index (χ2n) is 28.7. The maximum absolute atomic E-state index is 10.9. The van der Waals surface area contributed by atoms with Crippen molar-refractivity contribution in [1.82, 2.24) is 0 Å². The topological polar surface area (TPSA) is 373 Å². The third-order valence-corrected chi connectivity index (χ3v) is 26.7. The van der Waals surface area contributed by atoms with E-state index in [4.69, 9.17) is 66.0 Å². The van der Waals surface area contributed by atoms with Crippen molar-refractivity contribution in [1.29, 1.82) is 0 Å². The number of hydrogen-bond acceptors (Lipinski definition) is 19. The molecule has 0 aromatic heterocycles. The summed E-state index contributed by atoms with van der Waals surface area (Å²) >= 11 is 0. The molecule has 19 atom stereocenters. The van der Waals surface area contributed by atoms with Crippen LogP contribution in [0.3, 0.4) is 0 Å². The van der Waals surface area contributed by atoms with Crippen molar-refractivity contribution in [2.24, 2.45) is 25.6 Å². The van der Waals surface area contributed by atoms with Gasteiger partial charge in [0, 0.05) is 24.6 Å². The van der Waals surface area contributed by atoms with Gasteiger partial charge >= 0.3 is 0 Å². The van der Waals surface area contributed by atoms with Crippen LogP contribution in [-0.4, -0.2) is 144 Å². The first kappa shape index (κ1) is 82.7. The summed E-state index contributed by atoms with van der Waals surface area (Å²) < 4.78 is 99.9. The Morgan fingerprint density at radius 2 is 0.649 bits per heavy atom. The molecule has 0 amide bonds.